The van der Waals surface area contributed by atoms with Crippen LogP contribution in [0.4, 0.5) is 0 Å². The summed E-state index contributed by atoms with van der Waals surface area (Å²) in [6.45, 7) is 5.39. The molecule has 2 aromatic heterocycles. The van der Waals surface area contributed by atoms with Crippen molar-refractivity contribution < 1.29 is 14.3 Å². The summed E-state index contributed by atoms with van der Waals surface area (Å²) in [5.41, 5.74) is 1.43. The Bertz CT molecular complexity index is 1340. The van der Waals surface area contributed by atoms with Gasteiger partial charge in [0.1, 0.15) is 21.8 Å². The normalized spacial score (nSPS) is 17.6. The summed E-state index contributed by atoms with van der Waals surface area (Å²) < 4.78 is 7.81. The lowest BCUT2D eigenvalue weighted by atomic mass is 9.93. The second-order valence-electron chi connectivity index (χ2n) is 8.67. The van der Waals surface area contributed by atoms with Crippen LogP contribution < -0.4 is 10.1 Å². The Morgan fingerprint density at radius 1 is 1.12 bits per heavy atom. The van der Waals surface area contributed by atoms with Gasteiger partial charge < -0.3 is 19.5 Å². The van der Waals surface area contributed by atoms with E-state index in [0.717, 1.165) is 27.1 Å². The quantitative estimate of drug-likeness (QED) is 0.418. The van der Waals surface area contributed by atoms with Crippen molar-refractivity contribution in [2.24, 2.45) is 0 Å². The van der Waals surface area contributed by atoms with Gasteiger partial charge in [-0.05, 0) is 43.0 Å². The molecule has 0 spiro atoms. The van der Waals surface area contributed by atoms with Crippen LogP contribution in [-0.2, 0) is 24.4 Å². The number of amides is 2. The van der Waals surface area contributed by atoms with Crippen LogP contribution in [0.25, 0.3) is 10.2 Å². The first-order valence-corrected chi connectivity index (χ1v) is 12.3. The Morgan fingerprint density at radius 2 is 1.88 bits per heavy atom. The van der Waals surface area contributed by atoms with E-state index in [1.807, 2.05) is 90.5 Å². The second-order valence-corrected chi connectivity index (χ2v) is 9.57. The summed E-state index contributed by atoms with van der Waals surface area (Å²) in [6, 6.07) is 21.4. The molecular weight excluding hydrogens is 446 g/mol. The van der Waals surface area contributed by atoms with E-state index < -0.39 is 5.54 Å². The van der Waals surface area contributed by atoms with Gasteiger partial charge in [-0.1, -0.05) is 48.5 Å². The molecule has 3 heterocycles. The predicted molar refractivity (Wildman–Crippen MR) is 134 cm³/mol. The fraction of sp³-hybridized carbons (Fsp3) is 0.259. The molecule has 1 atom stereocenters. The Balaban J connectivity index is 1.52. The standard InChI is InChI=1S/C27H27N3O3S/c1-3-33-23-12-8-7-11-21(23)17-30-24(31)22-15-20-13-14-34-25(20)29(22)18-27(30,2)26(32)28-16-19-9-5-4-6-10-19/h4-15H,3,16-18H2,1-2H3,(H,28,32). The summed E-state index contributed by atoms with van der Waals surface area (Å²) >= 11 is 1.59. The number of rotatable bonds is 7. The fourth-order valence-electron chi connectivity index (χ4n) is 4.58. The lowest BCUT2D eigenvalue weighted by molar-refractivity contribution is -0.133. The number of aromatic nitrogens is 1. The van der Waals surface area contributed by atoms with E-state index in [4.69, 9.17) is 4.74 Å². The molecule has 5 rings (SSSR count). The Hall–Kier alpha value is -3.58. The molecule has 1 unspecified atom stereocenters. The first-order valence-electron chi connectivity index (χ1n) is 11.4. The van der Waals surface area contributed by atoms with Crippen LogP contribution in [0.3, 0.4) is 0 Å². The molecular formula is C27H27N3O3S. The maximum absolute atomic E-state index is 13.8. The van der Waals surface area contributed by atoms with Gasteiger partial charge in [-0.15, -0.1) is 11.3 Å². The van der Waals surface area contributed by atoms with Gasteiger partial charge in [-0.2, -0.15) is 0 Å². The van der Waals surface area contributed by atoms with E-state index >= 15 is 0 Å². The number of para-hydroxylation sites is 1. The lowest BCUT2D eigenvalue weighted by Crippen LogP contribution is -2.63. The minimum absolute atomic E-state index is 0.154. The van der Waals surface area contributed by atoms with Gasteiger partial charge in [0, 0.05) is 17.5 Å². The van der Waals surface area contributed by atoms with E-state index in [2.05, 4.69) is 5.32 Å². The van der Waals surface area contributed by atoms with E-state index in [-0.39, 0.29) is 18.4 Å². The molecule has 1 N–H and O–H groups in total. The minimum atomic E-state index is -1.08. The van der Waals surface area contributed by atoms with E-state index in [1.54, 1.807) is 16.2 Å². The number of fused-ring (bicyclic) bond motifs is 3. The van der Waals surface area contributed by atoms with Gasteiger partial charge in [0.2, 0.25) is 5.91 Å². The van der Waals surface area contributed by atoms with Crippen LogP contribution in [0.5, 0.6) is 5.75 Å². The van der Waals surface area contributed by atoms with Gasteiger partial charge in [0.05, 0.1) is 19.7 Å². The molecule has 1 aliphatic heterocycles. The van der Waals surface area contributed by atoms with Crippen molar-refractivity contribution in [2.45, 2.75) is 39.0 Å². The van der Waals surface area contributed by atoms with Crippen LogP contribution in [0.15, 0.2) is 72.1 Å². The number of hydrogen-bond acceptors (Lipinski definition) is 4. The molecule has 2 aromatic carbocycles. The van der Waals surface area contributed by atoms with Crippen LogP contribution in [-0.4, -0.2) is 33.4 Å². The molecule has 174 valence electrons. The molecule has 0 fully saturated rings. The van der Waals surface area contributed by atoms with Gasteiger partial charge in [0.15, 0.2) is 0 Å². The Morgan fingerprint density at radius 3 is 2.68 bits per heavy atom. The molecule has 2 amide bonds. The fourth-order valence-corrected chi connectivity index (χ4v) is 5.47. The van der Waals surface area contributed by atoms with Crippen molar-refractivity contribution >= 4 is 33.4 Å². The van der Waals surface area contributed by atoms with Crippen molar-refractivity contribution in [3.05, 3.63) is 88.9 Å². The average molecular weight is 474 g/mol. The molecule has 0 saturated heterocycles. The maximum atomic E-state index is 13.8. The third kappa shape index (κ3) is 3.86. The molecule has 0 saturated carbocycles. The zero-order chi connectivity index (χ0) is 23.7. The van der Waals surface area contributed by atoms with Gasteiger partial charge in [-0.25, -0.2) is 0 Å². The lowest BCUT2D eigenvalue weighted by Gasteiger charge is -2.44. The van der Waals surface area contributed by atoms with Crippen LogP contribution >= 0.6 is 11.3 Å². The Labute approximate surface area is 202 Å². The summed E-state index contributed by atoms with van der Waals surface area (Å²) in [5, 5.41) is 6.11. The third-order valence-corrected chi connectivity index (χ3v) is 7.37. The van der Waals surface area contributed by atoms with Crippen LogP contribution in [0.2, 0.25) is 0 Å². The van der Waals surface area contributed by atoms with Crippen LogP contribution in [0, 0.1) is 0 Å². The summed E-state index contributed by atoms with van der Waals surface area (Å²) in [7, 11) is 0. The van der Waals surface area contributed by atoms with Crippen molar-refractivity contribution in [1.29, 1.82) is 0 Å². The molecule has 0 bridgehead atoms. The zero-order valence-electron chi connectivity index (χ0n) is 19.3. The number of hydrogen-bond donors (Lipinski definition) is 1. The summed E-state index contributed by atoms with van der Waals surface area (Å²) in [6.07, 6.45) is 0. The highest BCUT2D eigenvalue weighted by Gasteiger charge is 2.48. The monoisotopic (exact) mass is 473 g/mol. The van der Waals surface area contributed by atoms with E-state index in [0.29, 0.717) is 25.4 Å². The predicted octanol–water partition coefficient (Wildman–Crippen LogP) is 4.83. The zero-order valence-corrected chi connectivity index (χ0v) is 20.1. The van der Waals surface area contributed by atoms with Crippen molar-refractivity contribution in [2.75, 3.05) is 6.61 Å². The molecule has 0 aliphatic carbocycles. The molecule has 1 aliphatic rings. The largest absolute Gasteiger partial charge is 0.494 e. The molecule has 4 aromatic rings. The van der Waals surface area contributed by atoms with E-state index in [1.165, 1.54) is 0 Å². The van der Waals surface area contributed by atoms with E-state index in [9.17, 15) is 9.59 Å². The third-order valence-electron chi connectivity index (χ3n) is 6.41. The van der Waals surface area contributed by atoms with Crippen molar-refractivity contribution in [3.8, 4) is 5.75 Å². The summed E-state index contributed by atoms with van der Waals surface area (Å²) in [5.74, 6) is 0.396. The molecule has 0 radical (unpaired) electrons. The number of carbonyl (C=O) groups is 2. The number of ether oxygens (including phenoxy) is 1. The number of carbonyl (C=O) groups excluding carboxylic acids is 2. The minimum Gasteiger partial charge on any atom is -0.494 e. The first kappa shape index (κ1) is 22.2. The smallest absolute Gasteiger partial charge is 0.271 e. The second kappa shape index (κ2) is 8.99. The number of nitrogens with one attached hydrogen (secondary N) is 1. The summed E-state index contributed by atoms with van der Waals surface area (Å²) in [4.78, 5) is 30.3. The van der Waals surface area contributed by atoms with Crippen LogP contribution in [0.1, 0.15) is 35.5 Å². The maximum Gasteiger partial charge on any atom is 0.271 e. The number of nitrogens with zero attached hydrogens (tertiary/aromatic N) is 2. The molecule has 7 heteroatoms. The highest BCUT2D eigenvalue weighted by molar-refractivity contribution is 7.16. The topological polar surface area (TPSA) is 63.6 Å². The number of thiophene rings is 1. The SMILES string of the molecule is CCOc1ccccc1CN1C(=O)c2cc3ccsc3n2CC1(C)C(=O)NCc1ccccc1. The highest BCUT2D eigenvalue weighted by atomic mass is 32.1. The highest BCUT2D eigenvalue weighted by Crippen LogP contribution is 2.36. The van der Waals surface area contributed by atoms with Crippen molar-refractivity contribution in [1.82, 2.24) is 14.8 Å². The molecule has 6 nitrogen and oxygen atoms in total. The molecule has 34 heavy (non-hydrogen) atoms. The number of benzene rings is 2. The van der Waals surface area contributed by atoms with Crippen molar-refractivity contribution in [3.63, 3.8) is 0 Å². The Kier molecular flexibility index (Phi) is 5.87. The average Bonchev–Trinajstić information content (AvgIpc) is 3.44. The van der Waals surface area contributed by atoms with Gasteiger partial charge in [0.25, 0.3) is 5.91 Å². The van der Waals surface area contributed by atoms with Gasteiger partial charge in [-0.3, -0.25) is 9.59 Å². The first-order chi connectivity index (χ1) is 16.5. The van der Waals surface area contributed by atoms with Gasteiger partial charge >= 0.3 is 0 Å².